The zero-order valence-electron chi connectivity index (χ0n) is 6.47. The van der Waals surface area contributed by atoms with E-state index in [0.717, 1.165) is 9.37 Å². The molecule has 0 spiro atoms. The monoisotopic (exact) mass is 258 g/mol. The van der Waals surface area contributed by atoms with Crippen LogP contribution in [0.5, 0.6) is 0 Å². The number of hydrogen-bond acceptors (Lipinski definition) is 2. The lowest BCUT2D eigenvalue weighted by Crippen LogP contribution is -1.69. The molecule has 0 amide bonds. The van der Waals surface area contributed by atoms with Crippen molar-refractivity contribution in [3.8, 4) is 0 Å². The smallest absolute Gasteiger partial charge is 0.0395 e. The molecule has 1 aromatic carbocycles. The standard InChI is InChI=1S/C9H7BrS2/c1-5-4-6-8(12-5)3-2-7(11)9(6)10/h2-4,11H,1H3. The third-order valence-electron chi connectivity index (χ3n) is 1.74. The van der Waals surface area contributed by atoms with Crippen LogP contribution >= 0.6 is 39.9 Å². The Morgan fingerprint density at radius 2 is 2.17 bits per heavy atom. The zero-order chi connectivity index (χ0) is 8.72. The Hall–Kier alpha value is 0.01000. The number of hydrogen-bond donors (Lipinski definition) is 1. The minimum Gasteiger partial charge on any atom is -0.142 e. The van der Waals surface area contributed by atoms with Crippen LogP contribution in [0.2, 0.25) is 0 Å². The van der Waals surface area contributed by atoms with Crippen LogP contribution in [-0.4, -0.2) is 0 Å². The van der Waals surface area contributed by atoms with E-state index in [2.05, 4.69) is 47.6 Å². The summed E-state index contributed by atoms with van der Waals surface area (Å²) in [5, 5.41) is 1.27. The third kappa shape index (κ3) is 1.30. The SMILES string of the molecule is Cc1cc2c(Br)c(S)ccc2s1. The average Bonchev–Trinajstić information content (AvgIpc) is 2.39. The van der Waals surface area contributed by atoms with Gasteiger partial charge in [0, 0.05) is 24.3 Å². The molecule has 12 heavy (non-hydrogen) atoms. The molecule has 1 aromatic heterocycles. The first-order valence-corrected chi connectivity index (χ1v) is 5.62. The summed E-state index contributed by atoms with van der Waals surface area (Å²) in [6.07, 6.45) is 0. The van der Waals surface area contributed by atoms with Crippen molar-refractivity contribution in [2.24, 2.45) is 0 Å². The summed E-state index contributed by atoms with van der Waals surface area (Å²) in [6, 6.07) is 6.31. The largest absolute Gasteiger partial charge is 0.142 e. The second-order valence-electron chi connectivity index (χ2n) is 2.67. The van der Waals surface area contributed by atoms with E-state index in [4.69, 9.17) is 0 Å². The van der Waals surface area contributed by atoms with E-state index < -0.39 is 0 Å². The molecule has 2 aromatic rings. The van der Waals surface area contributed by atoms with E-state index >= 15 is 0 Å². The molecule has 0 saturated heterocycles. The number of aryl methyl sites for hydroxylation is 1. The second kappa shape index (κ2) is 3.05. The summed E-state index contributed by atoms with van der Waals surface area (Å²) in [6.45, 7) is 2.12. The van der Waals surface area contributed by atoms with Crippen LogP contribution in [0.15, 0.2) is 27.6 Å². The van der Waals surface area contributed by atoms with Crippen molar-refractivity contribution in [3.05, 3.63) is 27.5 Å². The van der Waals surface area contributed by atoms with Gasteiger partial charge >= 0.3 is 0 Å². The van der Waals surface area contributed by atoms with E-state index in [1.54, 1.807) is 0 Å². The van der Waals surface area contributed by atoms with Crippen molar-refractivity contribution in [1.82, 2.24) is 0 Å². The summed E-state index contributed by atoms with van der Waals surface area (Å²) < 4.78 is 2.42. The highest BCUT2D eigenvalue weighted by atomic mass is 79.9. The molecule has 0 N–H and O–H groups in total. The molecule has 0 aliphatic carbocycles. The van der Waals surface area contributed by atoms with Gasteiger partial charge in [-0.3, -0.25) is 0 Å². The molecule has 0 aliphatic heterocycles. The van der Waals surface area contributed by atoms with Gasteiger partial charge in [-0.25, -0.2) is 0 Å². The Morgan fingerprint density at radius 1 is 1.42 bits per heavy atom. The summed E-state index contributed by atoms with van der Waals surface area (Å²) in [5.74, 6) is 0. The van der Waals surface area contributed by atoms with E-state index in [1.165, 1.54) is 15.0 Å². The fourth-order valence-electron chi connectivity index (χ4n) is 1.19. The fraction of sp³-hybridized carbons (Fsp3) is 0.111. The quantitative estimate of drug-likeness (QED) is 0.671. The van der Waals surface area contributed by atoms with Gasteiger partial charge in [0.05, 0.1) is 0 Å². The van der Waals surface area contributed by atoms with E-state index in [0.29, 0.717) is 0 Å². The lowest BCUT2D eigenvalue weighted by Gasteiger charge is -1.96. The van der Waals surface area contributed by atoms with Gasteiger partial charge in [-0.05, 0) is 41.1 Å². The maximum absolute atomic E-state index is 4.34. The van der Waals surface area contributed by atoms with Gasteiger partial charge in [0.25, 0.3) is 0 Å². The van der Waals surface area contributed by atoms with Gasteiger partial charge in [-0.1, -0.05) is 0 Å². The lowest BCUT2D eigenvalue weighted by atomic mass is 10.2. The fourth-order valence-corrected chi connectivity index (χ4v) is 2.91. The number of rotatable bonds is 0. The van der Waals surface area contributed by atoms with Gasteiger partial charge in [-0.15, -0.1) is 24.0 Å². The normalized spacial score (nSPS) is 10.9. The van der Waals surface area contributed by atoms with Gasteiger partial charge in [0.15, 0.2) is 0 Å². The lowest BCUT2D eigenvalue weighted by molar-refractivity contribution is 1.48. The first-order chi connectivity index (χ1) is 5.68. The van der Waals surface area contributed by atoms with Crippen LogP contribution in [-0.2, 0) is 0 Å². The molecule has 0 unspecified atom stereocenters. The molecule has 0 radical (unpaired) electrons. The Kier molecular flexibility index (Phi) is 2.19. The van der Waals surface area contributed by atoms with Crippen molar-refractivity contribution in [1.29, 1.82) is 0 Å². The molecule has 62 valence electrons. The molecule has 0 aliphatic rings. The maximum atomic E-state index is 4.34. The van der Waals surface area contributed by atoms with Crippen molar-refractivity contribution in [2.75, 3.05) is 0 Å². The molecule has 0 saturated carbocycles. The van der Waals surface area contributed by atoms with Crippen molar-refractivity contribution >= 4 is 50.0 Å². The molecule has 0 nitrogen and oxygen atoms in total. The molecule has 0 atom stereocenters. The Bertz CT molecular complexity index is 431. The number of halogens is 1. The number of benzene rings is 1. The van der Waals surface area contributed by atoms with Crippen molar-refractivity contribution in [3.63, 3.8) is 0 Å². The van der Waals surface area contributed by atoms with Crippen molar-refractivity contribution in [2.45, 2.75) is 11.8 Å². The summed E-state index contributed by atoms with van der Waals surface area (Å²) in [7, 11) is 0. The summed E-state index contributed by atoms with van der Waals surface area (Å²) >= 11 is 9.68. The maximum Gasteiger partial charge on any atom is 0.0395 e. The average molecular weight is 259 g/mol. The minimum atomic E-state index is 1.00. The molecule has 0 bridgehead atoms. The van der Waals surface area contributed by atoms with Crippen molar-refractivity contribution < 1.29 is 0 Å². The molecule has 0 fully saturated rings. The third-order valence-corrected chi connectivity index (χ3v) is 4.29. The molecule has 1 heterocycles. The molecule has 3 heteroatoms. The van der Waals surface area contributed by atoms with Gasteiger partial charge in [-0.2, -0.15) is 0 Å². The first-order valence-electron chi connectivity index (χ1n) is 3.56. The second-order valence-corrected chi connectivity index (χ2v) is 5.23. The van der Waals surface area contributed by atoms with Crippen LogP contribution in [0.1, 0.15) is 4.88 Å². The predicted molar refractivity (Wildman–Crippen MR) is 61.5 cm³/mol. The highest BCUT2D eigenvalue weighted by Gasteiger charge is 2.04. The molecular weight excluding hydrogens is 252 g/mol. The van der Waals surface area contributed by atoms with Crippen LogP contribution < -0.4 is 0 Å². The van der Waals surface area contributed by atoms with Gasteiger partial charge < -0.3 is 0 Å². The minimum absolute atomic E-state index is 1.00. The highest BCUT2D eigenvalue weighted by molar-refractivity contribution is 9.10. The van der Waals surface area contributed by atoms with Gasteiger partial charge in [0.1, 0.15) is 0 Å². The summed E-state index contributed by atoms with van der Waals surface area (Å²) in [5.41, 5.74) is 0. The number of thiophene rings is 1. The van der Waals surface area contributed by atoms with Crippen LogP contribution in [0.4, 0.5) is 0 Å². The van der Waals surface area contributed by atoms with Crippen LogP contribution in [0, 0.1) is 6.92 Å². The summed E-state index contributed by atoms with van der Waals surface area (Å²) in [4.78, 5) is 2.34. The van der Waals surface area contributed by atoms with E-state index in [9.17, 15) is 0 Å². The first kappa shape index (κ1) is 8.60. The molecule has 2 rings (SSSR count). The van der Waals surface area contributed by atoms with Gasteiger partial charge in [0.2, 0.25) is 0 Å². The highest BCUT2D eigenvalue weighted by Crippen LogP contribution is 2.34. The topological polar surface area (TPSA) is 0 Å². The van der Waals surface area contributed by atoms with E-state index in [-0.39, 0.29) is 0 Å². The Morgan fingerprint density at radius 3 is 2.92 bits per heavy atom. The number of fused-ring (bicyclic) bond motifs is 1. The van der Waals surface area contributed by atoms with Crippen LogP contribution in [0.3, 0.4) is 0 Å². The Balaban J connectivity index is 2.89. The van der Waals surface area contributed by atoms with E-state index in [1.807, 2.05) is 17.4 Å². The molecular formula is C9H7BrS2. The number of thiol groups is 1. The van der Waals surface area contributed by atoms with Crippen LogP contribution in [0.25, 0.3) is 10.1 Å². The zero-order valence-corrected chi connectivity index (χ0v) is 9.76. The Labute approximate surface area is 89.1 Å². The predicted octanol–water partition coefficient (Wildman–Crippen LogP) is 4.26.